The number of guanidine groups is 1. The molecule has 1 rings (SSSR count). The number of nitrogens with two attached hydrogens (primary N) is 2. The monoisotopic (exact) mass is 255 g/mol. The van der Waals surface area contributed by atoms with Crippen LogP contribution in [-0.2, 0) is 4.74 Å². The van der Waals surface area contributed by atoms with Gasteiger partial charge >= 0.3 is 6.09 Å². The van der Waals surface area contributed by atoms with E-state index in [0.717, 1.165) is 0 Å². The Hall–Kier alpha value is -1.76. The second kappa shape index (κ2) is 5.26. The maximum atomic E-state index is 11.4. The largest absolute Gasteiger partial charge is 0.444 e. The van der Waals surface area contributed by atoms with Crippen LogP contribution < -0.4 is 22.1 Å². The smallest absolute Gasteiger partial charge is 0.407 e. The molecule has 0 saturated heterocycles. The molecule has 0 saturated carbocycles. The molecule has 0 aromatic heterocycles. The third kappa shape index (κ3) is 5.05. The van der Waals surface area contributed by atoms with E-state index in [0.29, 0.717) is 13.0 Å². The molecule has 1 aliphatic heterocycles. The van der Waals surface area contributed by atoms with Crippen LogP contribution in [0.1, 0.15) is 27.2 Å². The van der Waals surface area contributed by atoms with Crippen molar-refractivity contribution in [3.8, 4) is 0 Å². The van der Waals surface area contributed by atoms with Crippen molar-refractivity contribution >= 4 is 12.1 Å². The van der Waals surface area contributed by atoms with Crippen LogP contribution in [0.15, 0.2) is 17.3 Å². The molecule has 0 spiro atoms. The summed E-state index contributed by atoms with van der Waals surface area (Å²) in [7, 11) is 0. The third-order valence-corrected chi connectivity index (χ3v) is 2.13. The van der Waals surface area contributed by atoms with Crippen molar-refractivity contribution in [1.82, 2.24) is 10.6 Å². The van der Waals surface area contributed by atoms with Gasteiger partial charge in [0.05, 0.1) is 0 Å². The number of carbonyl (C=O) groups excluding carboxylic acids is 1. The lowest BCUT2D eigenvalue weighted by molar-refractivity contribution is 0.0525. The Morgan fingerprint density at radius 2 is 2.28 bits per heavy atom. The van der Waals surface area contributed by atoms with Gasteiger partial charge in [-0.15, -0.1) is 0 Å². The van der Waals surface area contributed by atoms with Crippen LogP contribution in [0.2, 0.25) is 0 Å². The molecule has 7 heteroatoms. The molecule has 1 aliphatic rings. The number of carbonyl (C=O) groups is 1. The van der Waals surface area contributed by atoms with Crippen LogP contribution in [0.25, 0.3) is 0 Å². The molecule has 0 aliphatic carbocycles. The second-order valence-corrected chi connectivity index (χ2v) is 5.14. The minimum atomic E-state index is -0.885. The lowest BCUT2D eigenvalue weighted by Gasteiger charge is -2.25. The molecule has 7 nitrogen and oxygen atoms in total. The molecule has 1 amide bonds. The van der Waals surface area contributed by atoms with Gasteiger partial charge in [-0.2, -0.15) is 0 Å². The number of ether oxygens (including phenoxy) is 1. The van der Waals surface area contributed by atoms with Gasteiger partial charge < -0.3 is 26.8 Å². The molecule has 0 radical (unpaired) electrons. The lowest BCUT2D eigenvalue weighted by atomic mass is 10.1. The van der Waals surface area contributed by atoms with E-state index < -0.39 is 17.4 Å². The van der Waals surface area contributed by atoms with Crippen molar-refractivity contribution in [3.63, 3.8) is 0 Å². The number of rotatable bonds is 3. The van der Waals surface area contributed by atoms with E-state index in [4.69, 9.17) is 16.2 Å². The van der Waals surface area contributed by atoms with Gasteiger partial charge in [-0.05, 0) is 26.8 Å². The highest BCUT2D eigenvalue weighted by Gasteiger charge is 2.24. The molecule has 0 aromatic rings. The summed E-state index contributed by atoms with van der Waals surface area (Å²) in [5.74, 6) is 0.261. The molecule has 0 bridgehead atoms. The minimum Gasteiger partial charge on any atom is -0.444 e. The molecule has 1 unspecified atom stereocenters. The highest BCUT2D eigenvalue weighted by molar-refractivity contribution is 5.80. The summed E-state index contributed by atoms with van der Waals surface area (Å²) in [6.45, 7) is 5.76. The zero-order chi connectivity index (χ0) is 13.8. The number of hydrogen-bond acceptors (Lipinski definition) is 6. The topological polar surface area (TPSA) is 115 Å². The number of nitrogens with one attached hydrogen (secondary N) is 2. The van der Waals surface area contributed by atoms with Crippen LogP contribution in [0.5, 0.6) is 0 Å². The highest BCUT2D eigenvalue weighted by atomic mass is 16.6. The molecular formula is C11H21N5O2. The summed E-state index contributed by atoms with van der Waals surface area (Å²) in [5, 5.41) is 5.34. The van der Waals surface area contributed by atoms with E-state index in [1.54, 1.807) is 33.0 Å². The first-order valence-corrected chi connectivity index (χ1v) is 5.75. The molecule has 18 heavy (non-hydrogen) atoms. The standard InChI is InChI=1S/C11H21N5O2/c1-10(2,3)18-9(17)15-7-5-11(13)4-6-14-8(12)16-11/h4,6H,5,7,13H2,1-3H3,(H,15,17)(H3,12,14,16). The number of hydrogen-bond donors (Lipinski definition) is 4. The van der Waals surface area contributed by atoms with Gasteiger partial charge in [0.25, 0.3) is 0 Å². The Balaban J connectivity index is 2.36. The molecule has 102 valence electrons. The average molecular weight is 255 g/mol. The molecule has 1 heterocycles. The third-order valence-electron chi connectivity index (χ3n) is 2.13. The molecule has 1 atom stereocenters. The first kappa shape index (κ1) is 14.3. The summed E-state index contributed by atoms with van der Waals surface area (Å²) in [6, 6.07) is 0. The fourth-order valence-electron chi connectivity index (χ4n) is 1.38. The zero-order valence-electron chi connectivity index (χ0n) is 11.0. The van der Waals surface area contributed by atoms with Crippen molar-refractivity contribution in [1.29, 1.82) is 0 Å². The average Bonchev–Trinajstić information content (AvgIpc) is 2.13. The van der Waals surface area contributed by atoms with Gasteiger partial charge in [-0.3, -0.25) is 0 Å². The maximum Gasteiger partial charge on any atom is 0.407 e. The van der Waals surface area contributed by atoms with Crippen LogP contribution in [0.3, 0.4) is 0 Å². The van der Waals surface area contributed by atoms with E-state index in [1.807, 2.05) is 0 Å². The van der Waals surface area contributed by atoms with E-state index in [1.165, 1.54) is 0 Å². The van der Waals surface area contributed by atoms with Crippen molar-refractivity contribution in [2.45, 2.75) is 38.5 Å². The number of amides is 1. The normalized spacial score (nSPS) is 23.0. The van der Waals surface area contributed by atoms with Crippen molar-refractivity contribution < 1.29 is 9.53 Å². The van der Waals surface area contributed by atoms with Crippen molar-refractivity contribution in [2.75, 3.05) is 6.54 Å². The van der Waals surface area contributed by atoms with Gasteiger partial charge in [0.1, 0.15) is 11.3 Å². The first-order chi connectivity index (χ1) is 8.20. The molecule has 6 N–H and O–H groups in total. The lowest BCUT2D eigenvalue weighted by Crippen LogP contribution is -2.46. The quantitative estimate of drug-likeness (QED) is 0.566. The van der Waals surface area contributed by atoms with E-state index in [2.05, 4.69) is 15.6 Å². The number of alkyl carbamates (subject to hydrolysis) is 1. The molecular weight excluding hydrogens is 234 g/mol. The first-order valence-electron chi connectivity index (χ1n) is 5.75. The van der Waals surface area contributed by atoms with Crippen LogP contribution in [-0.4, -0.2) is 29.9 Å². The van der Waals surface area contributed by atoms with Gasteiger partial charge in [-0.1, -0.05) is 0 Å². The number of nitrogens with zero attached hydrogens (tertiary/aromatic N) is 1. The highest BCUT2D eigenvalue weighted by Crippen LogP contribution is 2.12. The van der Waals surface area contributed by atoms with Crippen LogP contribution in [0, 0.1) is 0 Å². The predicted molar refractivity (Wildman–Crippen MR) is 69.7 cm³/mol. The van der Waals surface area contributed by atoms with Gasteiger partial charge in [-0.25, -0.2) is 9.79 Å². The Kier molecular flexibility index (Phi) is 4.18. The van der Waals surface area contributed by atoms with Gasteiger partial charge in [0.2, 0.25) is 0 Å². The summed E-state index contributed by atoms with van der Waals surface area (Å²) in [6.07, 6.45) is 3.29. The second-order valence-electron chi connectivity index (χ2n) is 5.14. The summed E-state index contributed by atoms with van der Waals surface area (Å²) < 4.78 is 5.10. The fourth-order valence-corrected chi connectivity index (χ4v) is 1.38. The summed E-state index contributed by atoms with van der Waals surface area (Å²) >= 11 is 0. The Bertz CT molecular complexity index is 372. The van der Waals surface area contributed by atoms with Crippen molar-refractivity contribution in [2.24, 2.45) is 16.5 Å². The fraction of sp³-hybridized carbons (Fsp3) is 0.636. The summed E-state index contributed by atoms with van der Waals surface area (Å²) in [5.41, 5.74) is 10.1. The Morgan fingerprint density at radius 1 is 1.61 bits per heavy atom. The zero-order valence-corrected chi connectivity index (χ0v) is 11.0. The Labute approximate surface area is 107 Å². The summed E-state index contributed by atoms with van der Waals surface area (Å²) in [4.78, 5) is 15.5. The maximum absolute atomic E-state index is 11.4. The van der Waals surface area contributed by atoms with E-state index >= 15 is 0 Å². The predicted octanol–water partition coefficient (Wildman–Crippen LogP) is -0.0122. The van der Waals surface area contributed by atoms with Crippen LogP contribution in [0.4, 0.5) is 4.79 Å². The van der Waals surface area contributed by atoms with E-state index in [-0.39, 0.29) is 5.96 Å². The number of aliphatic imine (C=N–C) groups is 1. The van der Waals surface area contributed by atoms with Gasteiger partial charge in [0, 0.05) is 19.2 Å². The SMILES string of the molecule is CC(C)(C)OC(=O)NCCC1(N)C=CNC(N)=N1. The minimum absolute atomic E-state index is 0.261. The van der Waals surface area contributed by atoms with Crippen LogP contribution >= 0.6 is 0 Å². The van der Waals surface area contributed by atoms with Crippen molar-refractivity contribution in [3.05, 3.63) is 12.3 Å². The Morgan fingerprint density at radius 3 is 2.83 bits per heavy atom. The molecule has 0 fully saturated rings. The van der Waals surface area contributed by atoms with E-state index in [9.17, 15) is 4.79 Å². The molecule has 0 aromatic carbocycles. The van der Waals surface area contributed by atoms with Gasteiger partial charge in [0.15, 0.2) is 5.96 Å².